The Morgan fingerprint density at radius 1 is 0.875 bits per heavy atom. The Labute approximate surface area is 93.8 Å². The second kappa shape index (κ2) is 3.27. The van der Waals surface area contributed by atoms with Gasteiger partial charge in [0.15, 0.2) is 0 Å². The average Bonchev–Trinajstić information content (AvgIpc) is 2.28. The van der Waals surface area contributed by atoms with E-state index in [-0.39, 0.29) is 5.75 Å². The van der Waals surface area contributed by atoms with Gasteiger partial charge >= 0.3 is 0 Å². The van der Waals surface area contributed by atoms with Crippen LogP contribution >= 0.6 is 0 Å². The Morgan fingerprint density at radius 3 is 2.56 bits per heavy atom. The molecule has 0 unspecified atom stereocenters. The maximum absolute atomic E-state index is 9.91. The van der Waals surface area contributed by atoms with Crippen LogP contribution in [-0.4, -0.2) is 10.2 Å². The van der Waals surface area contributed by atoms with Crippen molar-refractivity contribution >= 4 is 0 Å². The number of fused-ring (bicyclic) bond motifs is 3. The van der Waals surface area contributed by atoms with Crippen molar-refractivity contribution in [3.05, 3.63) is 47.5 Å². The third kappa shape index (κ3) is 1.27. The van der Waals surface area contributed by atoms with Gasteiger partial charge in [0.05, 0.1) is 0 Å². The van der Waals surface area contributed by atoms with Crippen molar-refractivity contribution in [2.24, 2.45) is 0 Å². The van der Waals surface area contributed by atoms with Crippen LogP contribution in [0.3, 0.4) is 0 Å². The van der Waals surface area contributed by atoms with Crippen LogP contribution in [0.5, 0.6) is 11.5 Å². The Balaban J connectivity index is 2.32. The van der Waals surface area contributed by atoms with Crippen molar-refractivity contribution in [3.63, 3.8) is 0 Å². The van der Waals surface area contributed by atoms with E-state index < -0.39 is 0 Å². The standard InChI is InChI=1S/C14H12O2/c15-11-7-6-9-4-5-10-2-1-3-13(16)14(10)12(9)8-11/h1-3,6-8,15-16H,4-5H2. The van der Waals surface area contributed by atoms with E-state index in [9.17, 15) is 10.2 Å². The molecule has 2 aromatic rings. The zero-order valence-electron chi connectivity index (χ0n) is 8.77. The van der Waals surface area contributed by atoms with Gasteiger partial charge in [0.2, 0.25) is 0 Å². The summed E-state index contributed by atoms with van der Waals surface area (Å²) in [6.45, 7) is 0. The molecular formula is C14H12O2. The normalized spacial score (nSPS) is 13.0. The van der Waals surface area contributed by atoms with Gasteiger partial charge in [-0.3, -0.25) is 0 Å². The molecule has 0 aromatic heterocycles. The molecule has 0 aliphatic heterocycles. The fraction of sp³-hybridized carbons (Fsp3) is 0.143. The zero-order chi connectivity index (χ0) is 11.1. The molecule has 0 saturated heterocycles. The quantitative estimate of drug-likeness (QED) is 0.705. The van der Waals surface area contributed by atoms with Crippen molar-refractivity contribution in [2.75, 3.05) is 0 Å². The summed E-state index contributed by atoms with van der Waals surface area (Å²) in [4.78, 5) is 0. The van der Waals surface area contributed by atoms with Gasteiger partial charge in [0, 0.05) is 5.56 Å². The van der Waals surface area contributed by atoms with E-state index >= 15 is 0 Å². The second-order valence-electron chi connectivity index (χ2n) is 4.15. The highest BCUT2D eigenvalue weighted by Crippen LogP contribution is 2.40. The zero-order valence-corrected chi connectivity index (χ0v) is 8.77. The molecule has 0 heterocycles. The SMILES string of the molecule is Oc1ccc2c(c1)-c1c(O)cccc1CC2. The lowest BCUT2D eigenvalue weighted by Crippen LogP contribution is -2.03. The lowest BCUT2D eigenvalue weighted by molar-refractivity contribution is 0.473. The summed E-state index contributed by atoms with van der Waals surface area (Å²) in [5, 5.41) is 19.4. The molecule has 0 atom stereocenters. The molecule has 3 rings (SSSR count). The molecule has 2 aromatic carbocycles. The minimum Gasteiger partial charge on any atom is -0.508 e. The highest BCUT2D eigenvalue weighted by atomic mass is 16.3. The summed E-state index contributed by atoms with van der Waals surface area (Å²) < 4.78 is 0. The van der Waals surface area contributed by atoms with Crippen molar-refractivity contribution < 1.29 is 10.2 Å². The third-order valence-corrected chi connectivity index (χ3v) is 3.16. The first-order valence-corrected chi connectivity index (χ1v) is 5.39. The van der Waals surface area contributed by atoms with Crippen molar-refractivity contribution in [2.45, 2.75) is 12.8 Å². The lowest BCUT2D eigenvalue weighted by atomic mass is 9.85. The lowest BCUT2D eigenvalue weighted by Gasteiger charge is -2.20. The molecule has 2 nitrogen and oxygen atoms in total. The minimum atomic E-state index is 0.245. The van der Waals surface area contributed by atoms with E-state index in [2.05, 4.69) is 0 Å². The van der Waals surface area contributed by atoms with Crippen LogP contribution in [0, 0.1) is 0 Å². The average molecular weight is 212 g/mol. The number of aromatic hydroxyl groups is 2. The molecule has 0 bridgehead atoms. The Bertz CT molecular complexity index is 559. The van der Waals surface area contributed by atoms with Crippen LogP contribution in [0.15, 0.2) is 36.4 Å². The molecule has 0 radical (unpaired) electrons. The molecule has 0 fully saturated rings. The van der Waals surface area contributed by atoms with Crippen molar-refractivity contribution in [3.8, 4) is 22.6 Å². The van der Waals surface area contributed by atoms with Gasteiger partial charge in [0.1, 0.15) is 11.5 Å². The summed E-state index contributed by atoms with van der Waals surface area (Å²) in [6.07, 6.45) is 1.91. The van der Waals surface area contributed by atoms with Crippen LogP contribution < -0.4 is 0 Å². The van der Waals surface area contributed by atoms with Gasteiger partial charge in [-0.2, -0.15) is 0 Å². The number of rotatable bonds is 0. The molecule has 0 saturated carbocycles. The number of hydrogen-bond acceptors (Lipinski definition) is 2. The monoisotopic (exact) mass is 212 g/mol. The fourth-order valence-corrected chi connectivity index (χ4v) is 2.39. The largest absolute Gasteiger partial charge is 0.508 e. The van der Waals surface area contributed by atoms with Gasteiger partial charge < -0.3 is 10.2 Å². The highest BCUT2D eigenvalue weighted by molar-refractivity contribution is 5.79. The molecule has 2 N–H and O–H groups in total. The van der Waals surface area contributed by atoms with Gasteiger partial charge in [-0.25, -0.2) is 0 Å². The van der Waals surface area contributed by atoms with Crippen molar-refractivity contribution in [1.29, 1.82) is 0 Å². The predicted octanol–water partition coefficient (Wildman–Crippen LogP) is 2.86. The summed E-state index contributed by atoms with van der Waals surface area (Å²) in [5.41, 5.74) is 4.17. The molecular weight excluding hydrogens is 200 g/mol. The number of phenols is 2. The molecule has 16 heavy (non-hydrogen) atoms. The maximum atomic E-state index is 9.91. The maximum Gasteiger partial charge on any atom is 0.123 e. The van der Waals surface area contributed by atoms with E-state index in [1.165, 1.54) is 5.56 Å². The first-order valence-electron chi connectivity index (χ1n) is 5.39. The van der Waals surface area contributed by atoms with Crippen LogP contribution in [-0.2, 0) is 12.8 Å². The van der Waals surface area contributed by atoms with E-state index in [1.54, 1.807) is 18.2 Å². The summed E-state index contributed by atoms with van der Waals surface area (Å²) in [5.74, 6) is 0.541. The Hall–Kier alpha value is -1.96. The smallest absolute Gasteiger partial charge is 0.123 e. The number of hydrogen-bond donors (Lipinski definition) is 2. The third-order valence-electron chi connectivity index (χ3n) is 3.16. The molecule has 0 amide bonds. The van der Waals surface area contributed by atoms with E-state index in [4.69, 9.17) is 0 Å². The van der Waals surface area contributed by atoms with Gasteiger partial charge in [-0.15, -0.1) is 0 Å². The van der Waals surface area contributed by atoms with Gasteiger partial charge in [0.25, 0.3) is 0 Å². The topological polar surface area (TPSA) is 40.5 Å². The number of aryl methyl sites for hydroxylation is 2. The molecule has 2 heteroatoms. The van der Waals surface area contributed by atoms with Crippen molar-refractivity contribution in [1.82, 2.24) is 0 Å². The minimum absolute atomic E-state index is 0.245. The van der Waals surface area contributed by atoms with E-state index in [0.29, 0.717) is 5.75 Å². The molecule has 80 valence electrons. The first kappa shape index (κ1) is 9.28. The van der Waals surface area contributed by atoms with Crippen LogP contribution in [0.25, 0.3) is 11.1 Å². The Morgan fingerprint density at radius 2 is 1.69 bits per heavy atom. The summed E-state index contributed by atoms with van der Waals surface area (Å²) in [6, 6.07) is 10.9. The van der Waals surface area contributed by atoms with Crippen LogP contribution in [0.2, 0.25) is 0 Å². The molecule has 1 aliphatic carbocycles. The second-order valence-corrected chi connectivity index (χ2v) is 4.15. The predicted molar refractivity (Wildman–Crippen MR) is 62.6 cm³/mol. The fourth-order valence-electron chi connectivity index (χ4n) is 2.39. The highest BCUT2D eigenvalue weighted by Gasteiger charge is 2.18. The summed E-state index contributed by atoms with van der Waals surface area (Å²) in [7, 11) is 0. The van der Waals surface area contributed by atoms with Gasteiger partial charge in [-0.05, 0) is 47.7 Å². The summed E-state index contributed by atoms with van der Waals surface area (Å²) >= 11 is 0. The van der Waals surface area contributed by atoms with Gasteiger partial charge in [-0.1, -0.05) is 18.2 Å². The Kier molecular flexibility index (Phi) is 1.90. The molecule has 0 spiro atoms. The van der Waals surface area contributed by atoms with Crippen LogP contribution in [0.1, 0.15) is 11.1 Å². The molecule has 1 aliphatic rings. The number of phenolic OH excluding ortho intramolecular Hbond substituents is 2. The van der Waals surface area contributed by atoms with E-state index in [0.717, 1.165) is 29.5 Å². The first-order chi connectivity index (χ1) is 7.75. The number of benzene rings is 2. The van der Waals surface area contributed by atoms with Crippen LogP contribution in [0.4, 0.5) is 0 Å². The van der Waals surface area contributed by atoms with E-state index in [1.807, 2.05) is 18.2 Å².